The maximum atomic E-state index is 12.5. The molecule has 2 N–H and O–H groups in total. The van der Waals surface area contributed by atoms with E-state index in [4.69, 9.17) is 10.00 Å². The van der Waals surface area contributed by atoms with Gasteiger partial charge in [0.2, 0.25) is 0 Å². The Morgan fingerprint density at radius 3 is 2.55 bits per heavy atom. The van der Waals surface area contributed by atoms with E-state index < -0.39 is 5.91 Å². The molecule has 0 saturated carbocycles. The summed E-state index contributed by atoms with van der Waals surface area (Å²) < 4.78 is 5.27. The number of para-hydroxylation sites is 1. The summed E-state index contributed by atoms with van der Waals surface area (Å²) in [5.74, 6) is -0.102. The van der Waals surface area contributed by atoms with Crippen LogP contribution >= 0.6 is 0 Å². The van der Waals surface area contributed by atoms with Crippen molar-refractivity contribution in [1.82, 2.24) is 10.3 Å². The molecule has 0 unspecified atom stereocenters. The lowest BCUT2D eigenvalue weighted by atomic mass is 10.1. The van der Waals surface area contributed by atoms with Crippen LogP contribution in [0.25, 0.3) is 0 Å². The number of benzene rings is 2. The first-order chi connectivity index (χ1) is 14.1. The summed E-state index contributed by atoms with van der Waals surface area (Å²) in [5, 5.41) is 14.4. The molecule has 7 nitrogen and oxygen atoms in total. The second kappa shape index (κ2) is 9.15. The lowest BCUT2D eigenvalue weighted by molar-refractivity contribution is 0.0950. The maximum Gasteiger partial charge on any atom is 0.257 e. The second-order valence-electron chi connectivity index (χ2n) is 6.10. The van der Waals surface area contributed by atoms with Crippen molar-refractivity contribution in [3.05, 3.63) is 89.2 Å². The Hall–Kier alpha value is -4.18. The van der Waals surface area contributed by atoms with E-state index in [1.807, 2.05) is 30.3 Å². The van der Waals surface area contributed by atoms with E-state index in [1.54, 1.807) is 31.4 Å². The van der Waals surface area contributed by atoms with Crippen molar-refractivity contribution in [2.45, 2.75) is 6.54 Å². The minimum atomic E-state index is -0.424. The highest BCUT2D eigenvalue weighted by Crippen LogP contribution is 2.17. The third-order valence-electron chi connectivity index (χ3n) is 4.14. The number of nitrogens with one attached hydrogen (secondary N) is 2. The van der Waals surface area contributed by atoms with E-state index in [9.17, 15) is 9.59 Å². The molecule has 0 bridgehead atoms. The van der Waals surface area contributed by atoms with E-state index in [0.29, 0.717) is 17.0 Å². The van der Waals surface area contributed by atoms with Gasteiger partial charge in [-0.1, -0.05) is 24.3 Å². The third kappa shape index (κ3) is 4.96. The fourth-order valence-corrected chi connectivity index (χ4v) is 2.68. The van der Waals surface area contributed by atoms with Gasteiger partial charge in [0.1, 0.15) is 5.75 Å². The molecule has 7 heteroatoms. The molecule has 0 fully saturated rings. The highest BCUT2D eigenvalue weighted by Gasteiger charge is 2.12. The minimum Gasteiger partial charge on any atom is -0.496 e. The Morgan fingerprint density at radius 2 is 1.79 bits per heavy atom. The molecule has 2 aromatic carbocycles. The summed E-state index contributed by atoms with van der Waals surface area (Å²) in [5.41, 5.74) is 2.25. The SMILES string of the molecule is COc1ccccc1CNC(=O)c1cncc(C(=O)Nc2cccc(C#N)c2)c1. The molecule has 1 heterocycles. The fourth-order valence-electron chi connectivity index (χ4n) is 2.68. The van der Waals surface area contributed by atoms with Gasteiger partial charge in [-0.3, -0.25) is 14.6 Å². The van der Waals surface area contributed by atoms with Gasteiger partial charge < -0.3 is 15.4 Å². The molecule has 0 aliphatic carbocycles. The fraction of sp³-hybridized carbons (Fsp3) is 0.0909. The molecule has 0 radical (unpaired) electrons. The summed E-state index contributed by atoms with van der Waals surface area (Å²) in [6.07, 6.45) is 2.77. The van der Waals surface area contributed by atoms with Crippen molar-refractivity contribution in [2.24, 2.45) is 0 Å². The third-order valence-corrected chi connectivity index (χ3v) is 4.14. The van der Waals surface area contributed by atoms with Gasteiger partial charge in [-0.25, -0.2) is 0 Å². The lowest BCUT2D eigenvalue weighted by Gasteiger charge is -2.10. The number of aromatic nitrogens is 1. The first-order valence-corrected chi connectivity index (χ1v) is 8.77. The zero-order chi connectivity index (χ0) is 20.6. The van der Waals surface area contributed by atoms with Crippen LogP contribution in [0.4, 0.5) is 5.69 Å². The molecular formula is C22H18N4O3. The van der Waals surface area contributed by atoms with Crippen molar-refractivity contribution < 1.29 is 14.3 Å². The van der Waals surface area contributed by atoms with E-state index in [2.05, 4.69) is 15.6 Å². The van der Waals surface area contributed by atoms with Crippen LogP contribution in [-0.4, -0.2) is 23.9 Å². The monoisotopic (exact) mass is 386 g/mol. The summed E-state index contributed by atoms with van der Waals surface area (Å²) in [6.45, 7) is 0.278. The van der Waals surface area contributed by atoms with E-state index >= 15 is 0 Å². The number of methoxy groups -OCH3 is 1. The number of hydrogen-bond acceptors (Lipinski definition) is 5. The zero-order valence-electron chi connectivity index (χ0n) is 15.7. The second-order valence-corrected chi connectivity index (χ2v) is 6.10. The highest BCUT2D eigenvalue weighted by molar-refractivity contribution is 6.05. The molecule has 1 aromatic heterocycles. The number of pyridine rings is 1. The van der Waals surface area contributed by atoms with E-state index in [-0.39, 0.29) is 23.6 Å². The quantitative estimate of drug-likeness (QED) is 0.677. The lowest BCUT2D eigenvalue weighted by Crippen LogP contribution is -2.24. The van der Waals surface area contributed by atoms with Crippen LogP contribution < -0.4 is 15.4 Å². The predicted octanol–water partition coefficient (Wildman–Crippen LogP) is 3.14. The van der Waals surface area contributed by atoms with Crippen molar-refractivity contribution in [2.75, 3.05) is 12.4 Å². The highest BCUT2D eigenvalue weighted by atomic mass is 16.5. The van der Waals surface area contributed by atoms with Crippen LogP contribution in [0.1, 0.15) is 31.8 Å². The van der Waals surface area contributed by atoms with Crippen molar-refractivity contribution in [1.29, 1.82) is 5.26 Å². The summed E-state index contributed by atoms with van der Waals surface area (Å²) >= 11 is 0. The Kier molecular flexibility index (Phi) is 6.18. The average Bonchev–Trinajstić information content (AvgIpc) is 2.77. The molecular weight excluding hydrogens is 368 g/mol. The molecule has 0 atom stereocenters. The van der Waals surface area contributed by atoms with Gasteiger partial charge in [0.15, 0.2) is 0 Å². The van der Waals surface area contributed by atoms with Gasteiger partial charge >= 0.3 is 0 Å². The Labute approximate surface area is 168 Å². The molecule has 0 aliphatic rings. The van der Waals surface area contributed by atoms with Crippen LogP contribution in [0.5, 0.6) is 5.75 Å². The summed E-state index contributed by atoms with van der Waals surface area (Å²) in [7, 11) is 1.57. The maximum absolute atomic E-state index is 12.5. The number of anilines is 1. The van der Waals surface area contributed by atoms with E-state index in [0.717, 1.165) is 5.56 Å². The largest absolute Gasteiger partial charge is 0.496 e. The Balaban J connectivity index is 1.69. The van der Waals surface area contributed by atoms with E-state index in [1.165, 1.54) is 18.5 Å². The number of nitriles is 1. The molecule has 29 heavy (non-hydrogen) atoms. The Morgan fingerprint density at radius 1 is 1.03 bits per heavy atom. The predicted molar refractivity (Wildman–Crippen MR) is 108 cm³/mol. The molecule has 0 spiro atoms. The van der Waals surface area contributed by atoms with Gasteiger partial charge in [0.05, 0.1) is 29.9 Å². The van der Waals surface area contributed by atoms with Gasteiger partial charge in [-0.15, -0.1) is 0 Å². The first kappa shape index (κ1) is 19.6. The zero-order valence-corrected chi connectivity index (χ0v) is 15.7. The molecule has 3 rings (SSSR count). The average molecular weight is 386 g/mol. The summed E-state index contributed by atoms with van der Waals surface area (Å²) in [4.78, 5) is 28.9. The van der Waals surface area contributed by atoms with Crippen molar-refractivity contribution >= 4 is 17.5 Å². The molecule has 0 aliphatic heterocycles. The van der Waals surface area contributed by atoms with Crippen LogP contribution in [0.2, 0.25) is 0 Å². The number of ether oxygens (including phenoxy) is 1. The van der Waals surface area contributed by atoms with Gasteiger partial charge in [-0.2, -0.15) is 5.26 Å². The normalized spacial score (nSPS) is 9.93. The van der Waals surface area contributed by atoms with Crippen LogP contribution in [-0.2, 0) is 6.54 Å². The van der Waals surface area contributed by atoms with Crippen molar-refractivity contribution in [3.63, 3.8) is 0 Å². The van der Waals surface area contributed by atoms with Crippen LogP contribution in [0, 0.1) is 11.3 Å². The molecule has 0 saturated heterocycles. The molecule has 2 amide bonds. The van der Waals surface area contributed by atoms with Gasteiger partial charge in [-0.05, 0) is 30.3 Å². The van der Waals surface area contributed by atoms with Crippen LogP contribution in [0.15, 0.2) is 67.0 Å². The summed E-state index contributed by atoms with van der Waals surface area (Å²) in [6, 6.07) is 17.4. The molecule has 3 aromatic rings. The Bertz CT molecular complexity index is 1090. The smallest absolute Gasteiger partial charge is 0.257 e. The van der Waals surface area contributed by atoms with Crippen LogP contribution in [0.3, 0.4) is 0 Å². The number of carbonyl (C=O) groups is 2. The van der Waals surface area contributed by atoms with Gasteiger partial charge in [0.25, 0.3) is 11.8 Å². The number of rotatable bonds is 6. The number of hydrogen-bond donors (Lipinski definition) is 2. The standard InChI is InChI=1S/C22H18N4O3/c1-29-20-8-3-2-6-16(20)14-25-21(27)17-10-18(13-24-12-17)22(28)26-19-7-4-5-15(9-19)11-23/h2-10,12-13H,14H2,1H3,(H,25,27)(H,26,28). The topological polar surface area (TPSA) is 104 Å². The molecule has 144 valence electrons. The number of nitrogens with zero attached hydrogens (tertiary/aromatic N) is 2. The van der Waals surface area contributed by atoms with Crippen molar-refractivity contribution in [3.8, 4) is 11.8 Å². The van der Waals surface area contributed by atoms with Gasteiger partial charge in [0, 0.05) is 30.2 Å². The number of carbonyl (C=O) groups excluding carboxylic acids is 2. The number of amides is 2. The minimum absolute atomic E-state index is 0.234. The first-order valence-electron chi connectivity index (χ1n) is 8.77.